The van der Waals surface area contributed by atoms with Crippen LogP contribution in [0.1, 0.15) is 12.2 Å². The van der Waals surface area contributed by atoms with Crippen molar-refractivity contribution in [2.75, 3.05) is 17.9 Å². The molecule has 0 saturated heterocycles. The van der Waals surface area contributed by atoms with Crippen molar-refractivity contribution in [1.82, 2.24) is 9.55 Å². The van der Waals surface area contributed by atoms with E-state index in [1.54, 1.807) is 12.3 Å². The maximum Gasteiger partial charge on any atom is 0.138 e. The highest BCUT2D eigenvalue weighted by Gasteiger charge is 2.13. The van der Waals surface area contributed by atoms with Gasteiger partial charge in [-0.25, -0.2) is 9.37 Å². The second-order valence-electron chi connectivity index (χ2n) is 4.50. The van der Waals surface area contributed by atoms with Crippen LogP contribution in [0.3, 0.4) is 0 Å². The van der Waals surface area contributed by atoms with Crippen LogP contribution in [0.15, 0.2) is 12.1 Å². The summed E-state index contributed by atoms with van der Waals surface area (Å²) >= 11 is 7.77. The molecule has 0 N–H and O–H groups in total. The van der Waals surface area contributed by atoms with Crippen LogP contribution in [0, 0.1) is 9.39 Å². The first-order valence-corrected chi connectivity index (χ1v) is 9.57. The zero-order valence-corrected chi connectivity index (χ0v) is 14.8. The van der Waals surface area contributed by atoms with Gasteiger partial charge in [0, 0.05) is 47.7 Å². The number of halogens is 3. The van der Waals surface area contributed by atoms with Gasteiger partial charge in [0.15, 0.2) is 0 Å². The summed E-state index contributed by atoms with van der Waals surface area (Å²) in [6, 6.07) is 3.27. The van der Waals surface area contributed by atoms with Crippen molar-refractivity contribution in [3.8, 4) is 0 Å². The van der Waals surface area contributed by atoms with Crippen LogP contribution in [-0.4, -0.2) is 31.6 Å². The number of benzene rings is 1. The molecule has 1 heterocycles. The number of fused-ring (bicyclic) bond motifs is 1. The minimum absolute atomic E-state index is 0.240. The van der Waals surface area contributed by atoms with E-state index in [-0.39, 0.29) is 5.82 Å². The first-order chi connectivity index (χ1) is 9.52. The molecule has 0 aliphatic rings. The number of alkyl halides is 1. The van der Waals surface area contributed by atoms with Crippen LogP contribution >= 0.6 is 34.2 Å². The van der Waals surface area contributed by atoms with Gasteiger partial charge in [0.05, 0.1) is 14.6 Å². The zero-order valence-electron chi connectivity index (χ0n) is 11.0. The minimum atomic E-state index is -0.814. The summed E-state index contributed by atoms with van der Waals surface area (Å²) < 4.78 is 27.5. The van der Waals surface area contributed by atoms with E-state index in [9.17, 15) is 8.60 Å². The fraction of sp³-hybridized carbons (Fsp3) is 0.462. The molecule has 0 radical (unpaired) electrons. The van der Waals surface area contributed by atoms with Gasteiger partial charge in [0.2, 0.25) is 0 Å². The summed E-state index contributed by atoms with van der Waals surface area (Å²) in [6.45, 7) is 0.683. The lowest BCUT2D eigenvalue weighted by Gasteiger charge is -2.08. The third-order valence-electron chi connectivity index (χ3n) is 3.00. The molecule has 110 valence electrons. The molecule has 2 aromatic rings. The van der Waals surface area contributed by atoms with Gasteiger partial charge in [-0.2, -0.15) is 0 Å². The first kappa shape index (κ1) is 16.2. The number of imidazole rings is 1. The molecular formula is C13H15ClFIN2OS. The minimum Gasteiger partial charge on any atom is -0.328 e. The molecule has 3 nitrogen and oxygen atoms in total. The van der Waals surface area contributed by atoms with Crippen molar-refractivity contribution in [2.45, 2.75) is 19.4 Å². The molecule has 20 heavy (non-hydrogen) atoms. The Morgan fingerprint density at radius 3 is 2.90 bits per heavy atom. The van der Waals surface area contributed by atoms with Crippen LogP contribution < -0.4 is 0 Å². The normalized spacial score (nSPS) is 13.0. The molecule has 0 fully saturated rings. The molecule has 1 atom stereocenters. The second kappa shape index (κ2) is 7.17. The van der Waals surface area contributed by atoms with Crippen molar-refractivity contribution >= 4 is 56.0 Å². The maximum absolute atomic E-state index is 13.8. The van der Waals surface area contributed by atoms with E-state index in [2.05, 4.69) is 4.98 Å². The Morgan fingerprint density at radius 2 is 2.25 bits per heavy atom. The zero-order chi connectivity index (χ0) is 14.7. The van der Waals surface area contributed by atoms with Crippen molar-refractivity contribution in [3.05, 3.63) is 27.3 Å². The van der Waals surface area contributed by atoms with E-state index < -0.39 is 10.8 Å². The average Bonchev–Trinajstić information content (AvgIpc) is 2.68. The van der Waals surface area contributed by atoms with Crippen LogP contribution in [0.2, 0.25) is 0 Å². The molecule has 0 aliphatic carbocycles. The van der Waals surface area contributed by atoms with Crippen molar-refractivity contribution in [1.29, 1.82) is 0 Å². The molecule has 2 rings (SSSR count). The standard InChI is InChI=1S/C13H15ClFIN2OS/c1-20(19)6-2-5-18-12-7-9(15)10(16)8-11(12)17-13(18)3-4-14/h7-8H,2-6H2,1H3. The summed E-state index contributed by atoms with van der Waals surface area (Å²) in [6.07, 6.45) is 3.11. The smallest absolute Gasteiger partial charge is 0.138 e. The maximum atomic E-state index is 13.8. The quantitative estimate of drug-likeness (QED) is 0.522. The molecule has 7 heteroatoms. The monoisotopic (exact) mass is 428 g/mol. The third-order valence-corrected chi connectivity index (χ3v) is 4.88. The van der Waals surface area contributed by atoms with Crippen LogP contribution in [0.25, 0.3) is 11.0 Å². The van der Waals surface area contributed by atoms with E-state index >= 15 is 0 Å². The molecule has 0 amide bonds. The van der Waals surface area contributed by atoms with Crippen molar-refractivity contribution in [2.24, 2.45) is 0 Å². The Hall–Kier alpha value is -0.210. The fourth-order valence-corrected chi connectivity index (χ4v) is 3.28. The Labute approximate surface area is 138 Å². The van der Waals surface area contributed by atoms with E-state index in [1.165, 1.54) is 6.07 Å². The second-order valence-corrected chi connectivity index (χ2v) is 7.60. The Balaban J connectivity index is 2.39. The molecule has 0 aliphatic heterocycles. The number of aromatic nitrogens is 2. The predicted molar refractivity (Wildman–Crippen MR) is 90.4 cm³/mol. The highest BCUT2D eigenvalue weighted by atomic mass is 127. The van der Waals surface area contributed by atoms with E-state index in [0.29, 0.717) is 28.2 Å². The molecule has 0 saturated carbocycles. The van der Waals surface area contributed by atoms with Gasteiger partial charge in [-0.05, 0) is 35.1 Å². The Morgan fingerprint density at radius 1 is 1.50 bits per heavy atom. The molecule has 1 aromatic heterocycles. The summed E-state index contributed by atoms with van der Waals surface area (Å²) in [5.41, 5.74) is 1.57. The van der Waals surface area contributed by atoms with Gasteiger partial charge in [0.1, 0.15) is 11.6 Å². The Bertz CT molecular complexity index is 647. The van der Waals surface area contributed by atoms with E-state index in [0.717, 1.165) is 23.3 Å². The van der Waals surface area contributed by atoms with Gasteiger partial charge in [-0.1, -0.05) is 0 Å². The lowest BCUT2D eigenvalue weighted by atomic mass is 10.3. The van der Waals surface area contributed by atoms with Crippen LogP contribution in [0.5, 0.6) is 0 Å². The van der Waals surface area contributed by atoms with Crippen molar-refractivity contribution < 1.29 is 8.60 Å². The number of hydrogen-bond acceptors (Lipinski definition) is 2. The number of nitrogens with zero attached hydrogens (tertiary/aromatic N) is 2. The lowest BCUT2D eigenvalue weighted by Crippen LogP contribution is -2.07. The van der Waals surface area contributed by atoms with Crippen LogP contribution in [-0.2, 0) is 23.8 Å². The lowest BCUT2D eigenvalue weighted by molar-refractivity contribution is 0.617. The van der Waals surface area contributed by atoms with Gasteiger partial charge in [0.25, 0.3) is 0 Å². The summed E-state index contributed by atoms with van der Waals surface area (Å²) in [5, 5.41) is 0. The Kier molecular flexibility index (Phi) is 5.80. The fourth-order valence-electron chi connectivity index (χ4n) is 2.12. The summed E-state index contributed by atoms with van der Waals surface area (Å²) in [4.78, 5) is 4.53. The van der Waals surface area contributed by atoms with Gasteiger partial charge < -0.3 is 4.57 Å². The average molecular weight is 429 g/mol. The van der Waals surface area contributed by atoms with E-state index in [1.807, 2.05) is 27.2 Å². The molecule has 0 spiro atoms. The first-order valence-electron chi connectivity index (χ1n) is 6.23. The molecule has 1 unspecified atom stereocenters. The predicted octanol–water partition coefficient (Wildman–Crippen LogP) is 3.33. The number of hydrogen-bond donors (Lipinski definition) is 0. The molecule has 0 bridgehead atoms. The highest BCUT2D eigenvalue weighted by molar-refractivity contribution is 14.1. The van der Waals surface area contributed by atoms with Gasteiger partial charge in [-0.3, -0.25) is 4.21 Å². The van der Waals surface area contributed by atoms with E-state index in [4.69, 9.17) is 11.6 Å². The van der Waals surface area contributed by atoms with Crippen LogP contribution in [0.4, 0.5) is 4.39 Å². The largest absolute Gasteiger partial charge is 0.328 e. The van der Waals surface area contributed by atoms with Crippen molar-refractivity contribution in [3.63, 3.8) is 0 Å². The SMILES string of the molecule is CS(=O)CCCn1c(CCCl)nc2cc(I)c(F)cc21. The summed E-state index contributed by atoms with van der Waals surface area (Å²) in [7, 11) is -0.814. The number of rotatable bonds is 6. The topological polar surface area (TPSA) is 34.9 Å². The highest BCUT2D eigenvalue weighted by Crippen LogP contribution is 2.22. The van der Waals surface area contributed by atoms with Gasteiger partial charge in [-0.15, -0.1) is 11.6 Å². The van der Waals surface area contributed by atoms with Gasteiger partial charge >= 0.3 is 0 Å². The molecule has 1 aromatic carbocycles. The third kappa shape index (κ3) is 3.71. The molecular weight excluding hydrogens is 414 g/mol. The number of aryl methyl sites for hydroxylation is 2. The summed E-state index contributed by atoms with van der Waals surface area (Å²) in [5.74, 6) is 1.73.